The molecule has 0 saturated heterocycles. The Morgan fingerprint density at radius 1 is 1.17 bits per heavy atom. The topological polar surface area (TPSA) is 35.0 Å². The van der Waals surface area contributed by atoms with E-state index in [0.717, 1.165) is 12.8 Å². The summed E-state index contributed by atoms with van der Waals surface area (Å²) >= 11 is 5.88. The minimum Gasteiger partial charge on any atom is -0.474 e. The Morgan fingerprint density at radius 2 is 1.83 bits per heavy atom. The van der Waals surface area contributed by atoms with Crippen LogP contribution in [0.3, 0.4) is 0 Å². The van der Waals surface area contributed by atoms with Crippen molar-refractivity contribution in [2.45, 2.75) is 43.3 Å². The Kier molecular flexibility index (Phi) is 4.26. The molecule has 18 heavy (non-hydrogen) atoms. The third kappa shape index (κ3) is 3.68. The second-order valence-corrected chi connectivity index (χ2v) is 5.05. The number of hydrogen-bond donors (Lipinski definition) is 0. The van der Waals surface area contributed by atoms with Crippen molar-refractivity contribution in [3.05, 3.63) is 17.0 Å². The normalized spacial score (nSPS) is 17.6. The van der Waals surface area contributed by atoms with Crippen LogP contribution in [-0.2, 0) is 5.11 Å². The van der Waals surface area contributed by atoms with Crippen LogP contribution in [0.4, 0.5) is 0 Å². The molecule has 88 valence electrons. The van der Waals surface area contributed by atoms with Crippen molar-refractivity contribution in [1.29, 1.82) is 0 Å². The summed E-state index contributed by atoms with van der Waals surface area (Å²) in [5.74, 6) is 0.448. The Labute approximate surface area is 116 Å². The zero-order valence-electron chi connectivity index (χ0n) is 10.1. The van der Waals surface area contributed by atoms with Gasteiger partial charge in [-0.25, -0.2) is 9.97 Å². The Hall–Kier alpha value is -0.635. The molecule has 7 heteroatoms. The molecule has 6 radical (unpaired) electrons. The standard InChI is InChI=1S/C11H12B3ClN2O/c12-11(13,14)10-16-8(15)6-9(17-10)18-7-4-2-1-3-5-7/h6-7H,1-5H2. The van der Waals surface area contributed by atoms with Crippen LogP contribution in [0.15, 0.2) is 6.07 Å². The van der Waals surface area contributed by atoms with Crippen LogP contribution in [-0.4, -0.2) is 39.6 Å². The molecular weight excluding hydrogens is 244 g/mol. The van der Waals surface area contributed by atoms with Crippen molar-refractivity contribution in [3.63, 3.8) is 0 Å². The summed E-state index contributed by atoms with van der Waals surface area (Å²) in [6.45, 7) is 0. The molecule has 0 N–H and O–H groups in total. The lowest BCUT2D eigenvalue weighted by atomic mass is 9.42. The average molecular weight is 256 g/mol. The first-order valence-electron chi connectivity index (χ1n) is 6.03. The van der Waals surface area contributed by atoms with Gasteiger partial charge < -0.3 is 4.74 Å². The first kappa shape index (κ1) is 13.8. The van der Waals surface area contributed by atoms with Crippen LogP contribution >= 0.6 is 11.6 Å². The fourth-order valence-electron chi connectivity index (χ4n) is 2.00. The van der Waals surface area contributed by atoms with Crippen molar-refractivity contribution < 1.29 is 4.74 Å². The molecule has 0 unspecified atom stereocenters. The van der Waals surface area contributed by atoms with Crippen molar-refractivity contribution in [3.8, 4) is 5.88 Å². The molecule has 1 aromatic heterocycles. The van der Waals surface area contributed by atoms with E-state index in [0.29, 0.717) is 5.88 Å². The highest BCUT2D eigenvalue weighted by molar-refractivity contribution is 6.58. The molecular formula is C11H12B3ClN2O. The first-order chi connectivity index (χ1) is 8.45. The van der Waals surface area contributed by atoms with Crippen molar-refractivity contribution in [1.82, 2.24) is 9.97 Å². The third-order valence-corrected chi connectivity index (χ3v) is 3.09. The number of hydrogen-bond acceptors (Lipinski definition) is 3. The zero-order chi connectivity index (χ0) is 13.2. The molecule has 1 fully saturated rings. The second kappa shape index (κ2) is 5.56. The molecule has 0 aromatic carbocycles. The summed E-state index contributed by atoms with van der Waals surface area (Å²) < 4.78 is 5.77. The predicted octanol–water partition coefficient (Wildman–Crippen LogP) is 1.46. The monoisotopic (exact) mass is 256 g/mol. The number of aromatic nitrogens is 2. The summed E-state index contributed by atoms with van der Waals surface area (Å²) in [5, 5.41) is -1.40. The molecule has 1 aliphatic carbocycles. The molecule has 0 bridgehead atoms. The van der Waals surface area contributed by atoms with Gasteiger partial charge in [0.15, 0.2) is 0 Å². The molecule has 1 saturated carbocycles. The van der Waals surface area contributed by atoms with Crippen LogP contribution in [0.25, 0.3) is 0 Å². The minimum atomic E-state index is -1.62. The SMILES string of the molecule is [B]C([B])([B])c1nc(Cl)cc(OC2CCCCC2)n1. The lowest BCUT2D eigenvalue weighted by Gasteiger charge is -2.24. The molecule has 0 atom stereocenters. The van der Waals surface area contributed by atoms with E-state index in [-0.39, 0.29) is 17.1 Å². The number of rotatable bonds is 3. The van der Waals surface area contributed by atoms with E-state index >= 15 is 0 Å². The van der Waals surface area contributed by atoms with E-state index in [4.69, 9.17) is 39.9 Å². The highest BCUT2D eigenvalue weighted by Gasteiger charge is 2.20. The van der Waals surface area contributed by atoms with Crippen LogP contribution in [0.2, 0.25) is 5.15 Å². The van der Waals surface area contributed by atoms with Crippen LogP contribution < -0.4 is 4.74 Å². The fourth-order valence-corrected chi connectivity index (χ4v) is 2.18. The molecule has 2 rings (SSSR count). The van der Waals surface area contributed by atoms with Gasteiger partial charge in [-0.15, -0.1) is 0 Å². The van der Waals surface area contributed by atoms with E-state index in [2.05, 4.69) is 9.97 Å². The smallest absolute Gasteiger partial charge is 0.218 e. The third-order valence-electron chi connectivity index (χ3n) is 2.90. The van der Waals surface area contributed by atoms with Gasteiger partial charge in [-0.1, -0.05) is 23.1 Å². The average Bonchev–Trinajstić information content (AvgIpc) is 2.28. The molecule has 1 heterocycles. The minimum absolute atomic E-state index is 0.0702. The zero-order valence-corrected chi connectivity index (χ0v) is 10.9. The molecule has 0 aliphatic heterocycles. The molecule has 0 spiro atoms. The maximum Gasteiger partial charge on any atom is 0.218 e. The number of ether oxygens (including phenoxy) is 1. The van der Waals surface area contributed by atoms with E-state index in [9.17, 15) is 0 Å². The fraction of sp³-hybridized carbons (Fsp3) is 0.636. The van der Waals surface area contributed by atoms with Crippen LogP contribution in [0.5, 0.6) is 5.88 Å². The Balaban J connectivity index is 2.14. The Morgan fingerprint density at radius 3 is 2.44 bits per heavy atom. The second-order valence-electron chi connectivity index (χ2n) is 4.66. The van der Waals surface area contributed by atoms with Crippen molar-refractivity contribution in [2.24, 2.45) is 0 Å². The van der Waals surface area contributed by atoms with E-state index in [1.165, 1.54) is 19.3 Å². The predicted molar refractivity (Wildman–Crippen MR) is 73.5 cm³/mol. The quantitative estimate of drug-likeness (QED) is 0.606. The molecule has 1 aliphatic rings. The molecule has 0 amide bonds. The van der Waals surface area contributed by atoms with Gasteiger partial charge in [-0.05, 0) is 25.7 Å². The summed E-state index contributed by atoms with van der Waals surface area (Å²) in [4.78, 5) is 8.00. The molecule has 3 nitrogen and oxygen atoms in total. The maximum absolute atomic E-state index is 5.88. The Bertz CT molecular complexity index is 419. The van der Waals surface area contributed by atoms with Crippen LogP contribution in [0.1, 0.15) is 37.9 Å². The summed E-state index contributed by atoms with van der Waals surface area (Å²) in [6.07, 6.45) is 5.81. The largest absolute Gasteiger partial charge is 0.474 e. The van der Waals surface area contributed by atoms with E-state index in [1.807, 2.05) is 0 Å². The van der Waals surface area contributed by atoms with Gasteiger partial charge in [0, 0.05) is 6.07 Å². The van der Waals surface area contributed by atoms with E-state index in [1.54, 1.807) is 6.07 Å². The van der Waals surface area contributed by atoms with Gasteiger partial charge in [0.1, 0.15) is 17.1 Å². The van der Waals surface area contributed by atoms with E-state index < -0.39 is 5.11 Å². The lowest BCUT2D eigenvalue weighted by Crippen LogP contribution is -2.30. The molecule has 1 aromatic rings. The maximum atomic E-state index is 5.88. The highest BCUT2D eigenvalue weighted by Crippen LogP contribution is 2.24. The number of halogens is 1. The van der Waals surface area contributed by atoms with Gasteiger partial charge >= 0.3 is 0 Å². The summed E-state index contributed by atoms with van der Waals surface area (Å²) in [5.41, 5.74) is 0. The van der Waals surface area contributed by atoms with Gasteiger partial charge in [0.2, 0.25) is 5.88 Å². The van der Waals surface area contributed by atoms with Crippen molar-refractivity contribution >= 4 is 35.1 Å². The summed E-state index contributed by atoms with van der Waals surface area (Å²) in [7, 11) is 16.6. The van der Waals surface area contributed by atoms with Crippen LogP contribution in [0, 0.1) is 0 Å². The van der Waals surface area contributed by atoms with Crippen molar-refractivity contribution in [2.75, 3.05) is 0 Å². The van der Waals surface area contributed by atoms with Gasteiger partial charge in [0.05, 0.1) is 23.5 Å². The highest BCUT2D eigenvalue weighted by atomic mass is 35.5. The lowest BCUT2D eigenvalue weighted by molar-refractivity contribution is 0.148. The van der Waals surface area contributed by atoms with Gasteiger partial charge in [-0.3, -0.25) is 0 Å². The first-order valence-corrected chi connectivity index (χ1v) is 6.41. The van der Waals surface area contributed by atoms with Gasteiger partial charge in [0.25, 0.3) is 0 Å². The summed E-state index contributed by atoms with van der Waals surface area (Å²) in [6, 6.07) is 1.55. The number of nitrogens with zero attached hydrogens (tertiary/aromatic N) is 2. The van der Waals surface area contributed by atoms with Gasteiger partial charge in [-0.2, -0.15) is 0 Å².